The van der Waals surface area contributed by atoms with Crippen LogP contribution in [0.3, 0.4) is 0 Å². The summed E-state index contributed by atoms with van der Waals surface area (Å²) >= 11 is 1.83. The highest BCUT2D eigenvalue weighted by Crippen LogP contribution is 2.46. The molecule has 3 aromatic heterocycles. The van der Waals surface area contributed by atoms with Gasteiger partial charge < -0.3 is 4.42 Å². The van der Waals surface area contributed by atoms with Crippen molar-refractivity contribution in [1.82, 2.24) is 15.0 Å². The Labute approximate surface area is 327 Å². The highest BCUT2D eigenvalue weighted by Gasteiger charge is 2.22. The Morgan fingerprint density at radius 3 is 1.61 bits per heavy atom. The van der Waals surface area contributed by atoms with Crippen molar-refractivity contribution in [3.63, 3.8) is 0 Å². The van der Waals surface area contributed by atoms with Gasteiger partial charge in [0.05, 0.1) is 0 Å². The minimum absolute atomic E-state index is 0.594. The average Bonchev–Trinajstić information content (AvgIpc) is 3.86. The molecule has 0 saturated carbocycles. The molecule has 0 saturated heterocycles. The van der Waals surface area contributed by atoms with Crippen molar-refractivity contribution in [2.24, 2.45) is 0 Å². The van der Waals surface area contributed by atoms with Gasteiger partial charge in [0.15, 0.2) is 17.5 Å². The Kier molecular flexibility index (Phi) is 7.64. The predicted molar refractivity (Wildman–Crippen MR) is 233 cm³/mol. The third-order valence-corrected chi connectivity index (χ3v) is 11.7. The molecule has 0 N–H and O–H groups in total. The van der Waals surface area contributed by atoms with E-state index in [1.165, 1.54) is 31.3 Å². The van der Waals surface area contributed by atoms with Crippen LogP contribution >= 0.6 is 11.3 Å². The Balaban J connectivity index is 1.12. The third-order valence-electron chi connectivity index (χ3n) is 10.6. The molecule has 262 valence electrons. The van der Waals surface area contributed by atoms with E-state index >= 15 is 0 Å². The molecule has 0 aliphatic rings. The fourth-order valence-corrected chi connectivity index (χ4v) is 9.07. The summed E-state index contributed by atoms with van der Waals surface area (Å²) in [7, 11) is 0. The van der Waals surface area contributed by atoms with Crippen molar-refractivity contribution >= 4 is 53.4 Å². The molecule has 8 aromatic carbocycles. The van der Waals surface area contributed by atoms with Crippen LogP contribution in [0.2, 0.25) is 0 Å². The average molecular weight is 734 g/mol. The number of furan rings is 1. The van der Waals surface area contributed by atoms with Gasteiger partial charge in [-0.15, -0.1) is 11.3 Å². The molecule has 0 unspecified atom stereocenters. The first-order valence-corrected chi connectivity index (χ1v) is 19.5. The third kappa shape index (κ3) is 5.48. The zero-order valence-corrected chi connectivity index (χ0v) is 30.9. The summed E-state index contributed by atoms with van der Waals surface area (Å²) in [5, 5.41) is 4.48. The van der Waals surface area contributed by atoms with Crippen LogP contribution in [0.1, 0.15) is 0 Å². The maximum Gasteiger partial charge on any atom is 0.164 e. The van der Waals surface area contributed by atoms with Crippen LogP contribution in [0.5, 0.6) is 0 Å². The molecular weight excluding hydrogens is 703 g/mol. The van der Waals surface area contributed by atoms with Crippen LogP contribution in [-0.2, 0) is 0 Å². The molecule has 0 aliphatic heterocycles. The van der Waals surface area contributed by atoms with Crippen LogP contribution < -0.4 is 0 Å². The van der Waals surface area contributed by atoms with Gasteiger partial charge in [-0.3, -0.25) is 0 Å². The van der Waals surface area contributed by atoms with Crippen LogP contribution in [0, 0.1) is 0 Å². The minimum atomic E-state index is 0.594. The Hall–Kier alpha value is -7.21. The lowest BCUT2D eigenvalue weighted by atomic mass is 9.93. The van der Waals surface area contributed by atoms with Gasteiger partial charge in [0, 0.05) is 53.2 Å². The van der Waals surface area contributed by atoms with Crippen LogP contribution in [0.25, 0.3) is 110 Å². The molecule has 0 aliphatic carbocycles. The second-order valence-corrected chi connectivity index (χ2v) is 15.0. The van der Waals surface area contributed by atoms with E-state index in [2.05, 4.69) is 140 Å². The molecule has 4 nitrogen and oxygen atoms in total. The van der Waals surface area contributed by atoms with Crippen molar-refractivity contribution in [3.8, 4) is 67.5 Å². The summed E-state index contributed by atoms with van der Waals surface area (Å²) < 4.78 is 9.42. The van der Waals surface area contributed by atoms with Gasteiger partial charge in [-0.1, -0.05) is 164 Å². The number of benzene rings is 8. The molecular formula is C51H31N3OS. The maximum atomic E-state index is 6.90. The zero-order chi connectivity index (χ0) is 37.0. The van der Waals surface area contributed by atoms with Crippen molar-refractivity contribution in [2.45, 2.75) is 0 Å². The van der Waals surface area contributed by atoms with Crippen molar-refractivity contribution < 1.29 is 4.42 Å². The smallest absolute Gasteiger partial charge is 0.164 e. The molecule has 3 heterocycles. The van der Waals surface area contributed by atoms with E-state index < -0.39 is 0 Å². The second-order valence-electron chi connectivity index (χ2n) is 13.9. The lowest BCUT2D eigenvalue weighted by Crippen LogP contribution is -2.00. The monoisotopic (exact) mass is 733 g/mol. The van der Waals surface area contributed by atoms with Gasteiger partial charge in [-0.05, 0) is 52.1 Å². The van der Waals surface area contributed by atoms with Crippen LogP contribution in [0.4, 0.5) is 0 Å². The predicted octanol–water partition coefficient (Wildman–Crippen LogP) is 14.1. The number of thiophene rings is 1. The molecule has 56 heavy (non-hydrogen) atoms. The Morgan fingerprint density at radius 1 is 0.339 bits per heavy atom. The first-order valence-electron chi connectivity index (χ1n) is 18.7. The van der Waals surface area contributed by atoms with Gasteiger partial charge in [0.1, 0.15) is 11.2 Å². The summed E-state index contributed by atoms with van der Waals surface area (Å²) in [4.78, 5) is 15.3. The molecule has 0 amide bonds. The van der Waals surface area contributed by atoms with Gasteiger partial charge in [-0.2, -0.15) is 0 Å². The summed E-state index contributed by atoms with van der Waals surface area (Å²) in [6.45, 7) is 0. The van der Waals surface area contributed by atoms with Gasteiger partial charge in [0.25, 0.3) is 0 Å². The van der Waals surface area contributed by atoms with E-state index in [0.717, 1.165) is 60.9 Å². The molecule has 11 aromatic rings. The van der Waals surface area contributed by atoms with Crippen molar-refractivity contribution in [3.05, 3.63) is 188 Å². The second kappa shape index (κ2) is 13.3. The molecule has 0 radical (unpaired) electrons. The normalized spacial score (nSPS) is 11.6. The molecule has 0 atom stereocenters. The molecule has 5 heteroatoms. The fraction of sp³-hybridized carbons (Fsp3) is 0. The largest absolute Gasteiger partial charge is 0.455 e. The van der Waals surface area contributed by atoms with Crippen molar-refractivity contribution in [1.29, 1.82) is 0 Å². The van der Waals surface area contributed by atoms with E-state index in [9.17, 15) is 0 Å². The molecule has 11 rings (SSSR count). The summed E-state index contributed by atoms with van der Waals surface area (Å²) in [6.07, 6.45) is 0. The lowest BCUT2D eigenvalue weighted by Gasteiger charge is -2.10. The van der Waals surface area contributed by atoms with Crippen LogP contribution in [-0.4, -0.2) is 15.0 Å². The quantitative estimate of drug-likeness (QED) is 0.171. The van der Waals surface area contributed by atoms with Crippen molar-refractivity contribution in [2.75, 3.05) is 0 Å². The van der Waals surface area contributed by atoms with Gasteiger partial charge in [-0.25, -0.2) is 15.0 Å². The number of para-hydroxylation sites is 1. The number of hydrogen-bond donors (Lipinski definition) is 0. The number of aromatic nitrogens is 3. The van der Waals surface area contributed by atoms with E-state index in [1.54, 1.807) is 0 Å². The SMILES string of the molecule is c1ccc(-c2ccc(-c3nc(-c4ccccc4)nc(-c4cccc5oc6c(-c7cc(-c8ccccc8)cc8sc9ccccc9c78)cccc6c45)n3)cc2)cc1. The summed E-state index contributed by atoms with van der Waals surface area (Å²) in [6, 6.07) is 65.6. The zero-order valence-electron chi connectivity index (χ0n) is 30.1. The number of nitrogens with zero attached hydrogens (tertiary/aromatic N) is 3. The van der Waals surface area contributed by atoms with E-state index in [0.29, 0.717) is 17.5 Å². The number of rotatable bonds is 6. The highest BCUT2D eigenvalue weighted by molar-refractivity contribution is 7.26. The molecule has 0 spiro atoms. The first-order chi connectivity index (χ1) is 27.7. The standard InChI is InChI=1S/C51H31N3OS/c1-4-14-32(15-5-1)34-26-28-36(29-27-34)50-52-49(35-18-8-3-9-19-35)53-51(54-50)41-23-13-24-43-46(41)40-22-12-21-38(48(40)55-43)42-30-37(33-16-6-2-7-17-33)31-45-47(42)39-20-10-11-25-44(39)56-45/h1-31H. The van der Waals surface area contributed by atoms with Gasteiger partial charge in [0.2, 0.25) is 0 Å². The van der Waals surface area contributed by atoms with Crippen LogP contribution in [0.15, 0.2) is 192 Å². The topological polar surface area (TPSA) is 51.8 Å². The van der Waals surface area contributed by atoms with E-state index in [1.807, 2.05) is 59.9 Å². The number of hydrogen-bond acceptors (Lipinski definition) is 5. The van der Waals surface area contributed by atoms with E-state index in [-0.39, 0.29) is 0 Å². The molecule has 0 bridgehead atoms. The Morgan fingerprint density at radius 2 is 0.875 bits per heavy atom. The maximum absolute atomic E-state index is 6.90. The number of fused-ring (bicyclic) bond motifs is 6. The first kappa shape index (κ1) is 32.2. The minimum Gasteiger partial charge on any atom is -0.455 e. The summed E-state index contributed by atoms with van der Waals surface area (Å²) in [5.74, 6) is 1.83. The fourth-order valence-electron chi connectivity index (χ4n) is 7.89. The van der Waals surface area contributed by atoms with E-state index in [4.69, 9.17) is 19.4 Å². The highest BCUT2D eigenvalue weighted by atomic mass is 32.1. The van der Waals surface area contributed by atoms with Gasteiger partial charge >= 0.3 is 0 Å². The molecule has 0 fully saturated rings. The Bertz CT molecular complexity index is 3230. The lowest BCUT2D eigenvalue weighted by molar-refractivity contribution is 0.670. The summed E-state index contributed by atoms with van der Waals surface area (Å²) in [5.41, 5.74) is 11.2.